The van der Waals surface area contributed by atoms with Crippen LogP contribution in [-0.4, -0.2) is 55.3 Å². The van der Waals surface area contributed by atoms with Crippen LogP contribution < -0.4 is 9.47 Å². The minimum atomic E-state index is -1.18. The third-order valence-electron chi connectivity index (χ3n) is 4.85. The Kier molecular flexibility index (Phi) is 5.86. The Morgan fingerprint density at radius 3 is 2.33 bits per heavy atom. The molecule has 0 aromatic heterocycles. The Morgan fingerprint density at radius 1 is 0.967 bits per heavy atom. The van der Waals surface area contributed by atoms with E-state index in [0.717, 1.165) is 10.5 Å². The quantitative estimate of drug-likeness (QED) is 0.392. The molecule has 1 unspecified atom stereocenters. The van der Waals surface area contributed by atoms with Crippen molar-refractivity contribution in [3.8, 4) is 11.5 Å². The zero-order valence-electron chi connectivity index (χ0n) is 17.1. The molecule has 0 fully saturated rings. The number of carbonyl (C=O) groups is 4. The molecule has 0 radical (unpaired) electrons. The zero-order chi connectivity index (χ0) is 22.0. The number of amides is 2. The largest absolute Gasteiger partial charge is 0.497 e. The lowest BCUT2D eigenvalue weighted by molar-refractivity contribution is -0.146. The van der Waals surface area contributed by atoms with Crippen LogP contribution in [0.15, 0.2) is 36.4 Å². The number of hydrogen-bond donors (Lipinski definition) is 0. The van der Waals surface area contributed by atoms with Crippen molar-refractivity contribution in [2.75, 3.05) is 20.8 Å². The van der Waals surface area contributed by atoms with Crippen LogP contribution in [0, 0.1) is 6.92 Å². The molecule has 0 N–H and O–H groups in total. The van der Waals surface area contributed by atoms with E-state index in [1.165, 1.54) is 27.2 Å². The van der Waals surface area contributed by atoms with E-state index in [1.807, 2.05) is 0 Å². The third-order valence-corrected chi connectivity index (χ3v) is 4.85. The van der Waals surface area contributed by atoms with Crippen molar-refractivity contribution >= 4 is 23.6 Å². The van der Waals surface area contributed by atoms with Crippen molar-refractivity contribution in [2.45, 2.75) is 19.9 Å². The van der Waals surface area contributed by atoms with Crippen molar-refractivity contribution in [1.82, 2.24) is 4.90 Å². The molecule has 156 valence electrons. The van der Waals surface area contributed by atoms with Gasteiger partial charge in [0.05, 0.1) is 30.9 Å². The van der Waals surface area contributed by atoms with Crippen molar-refractivity contribution in [1.29, 1.82) is 0 Å². The summed E-state index contributed by atoms with van der Waals surface area (Å²) in [4.78, 5) is 51.0. The van der Waals surface area contributed by atoms with E-state index in [9.17, 15) is 19.2 Å². The molecule has 3 rings (SSSR count). The number of ketones is 1. The smallest absolute Gasteiger partial charge is 0.329 e. The topological polar surface area (TPSA) is 99.2 Å². The number of fused-ring (bicyclic) bond motifs is 1. The van der Waals surface area contributed by atoms with Gasteiger partial charge in [-0.25, -0.2) is 4.79 Å². The van der Waals surface area contributed by atoms with Gasteiger partial charge in [-0.2, -0.15) is 0 Å². The van der Waals surface area contributed by atoms with E-state index in [1.54, 1.807) is 37.3 Å². The number of esters is 1. The predicted octanol–water partition coefficient (Wildman–Crippen LogP) is 2.42. The molecule has 0 bridgehead atoms. The number of Topliss-reactive ketones (excluding diaryl/α,β-unsaturated/α-hetero) is 1. The van der Waals surface area contributed by atoms with Crippen LogP contribution in [0.3, 0.4) is 0 Å². The molecule has 8 heteroatoms. The zero-order valence-corrected chi connectivity index (χ0v) is 17.1. The standard InChI is InChI=1S/C22H21NO7/c1-12-5-7-15-16(9-12)21(26)23(20(15)25)13(2)22(27)30-11-18(24)17-10-14(28-3)6-8-19(17)29-4/h5-10,13H,11H2,1-4H3. The number of nitrogens with zero attached hydrogens (tertiary/aromatic N) is 1. The Labute approximate surface area is 173 Å². The second-order valence-electron chi connectivity index (χ2n) is 6.80. The second-order valence-corrected chi connectivity index (χ2v) is 6.80. The summed E-state index contributed by atoms with van der Waals surface area (Å²) in [7, 11) is 2.87. The summed E-state index contributed by atoms with van der Waals surface area (Å²) < 4.78 is 15.4. The van der Waals surface area contributed by atoms with Crippen LogP contribution in [0.5, 0.6) is 11.5 Å². The maximum absolute atomic E-state index is 12.6. The maximum Gasteiger partial charge on any atom is 0.329 e. The first-order chi connectivity index (χ1) is 14.3. The summed E-state index contributed by atoms with van der Waals surface area (Å²) in [6.45, 7) is 2.61. The van der Waals surface area contributed by atoms with Gasteiger partial charge >= 0.3 is 5.97 Å². The number of benzene rings is 2. The van der Waals surface area contributed by atoms with Gasteiger partial charge in [0.2, 0.25) is 5.78 Å². The average molecular weight is 411 g/mol. The SMILES string of the molecule is COc1ccc(OC)c(C(=O)COC(=O)C(C)N2C(=O)c3ccc(C)cc3C2=O)c1. The third kappa shape index (κ3) is 3.76. The highest BCUT2D eigenvalue weighted by atomic mass is 16.5. The minimum Gasteiger partial charge on any atom is -0.497 e. The highest BCUT2D eigenvalue weighted by Gasteiger charge is 2.41. The van der Waals surface area contributed by atoms with Crippen LogP contribution in [0.25, 0.3) is 0 Å². The number of imide groups is 1. The molecule has 0 saturated heterocycles. The van der Waals surface area contributed by atoms with Crippen LogP contribution in [0.4, 0.5) is 0 Å². The van der Waals surface area contributed by atoms with Gasteiger partial charge < -0.3 is 14.2 Å². The van der Waals surface area contributed by atoms with E-state index in [0.29, 0.717) is 11.5 Å². The molecule has 2 aromatic rings. The van der Waals surface area contributed by atoms with Crippen LogP contribution in [-0.2, 0) is 9.53 Å². The number of rotatable bonds is 7. The lowest BCUT2D eigenvalue weighted by atomic mass is 10.1. The first-order valence-electron chi connectivity index (χ1n) is 9.19. The number of carbonyl (C=O) groups excluding carboxylic acids is 4. The van der Waals surface area contributed by atoms with E-state index >= 15 is 0 Å². The predicted molar refractivity (Wildman–Crippen MR) is 106 cm³/mol. The van der Waals surface area contributed by atoms with Crippen molar-refractivity contribution in [2.24, 2.45) is 0 Å². The molecule has 1 aliphatic rings. The fourth-order valence-electron chi connectivity index (χ4n) is 3.20. The monoisotopic (exact) mass is 411 g/mol. The molecular weight excluding hydrogens is 390 g/mol. The van der Waals surface area contributed by atoms with E-state index in [4.69, 9.17) is 14.2 Å². The number of hydrogen-bond acceptors (Lipinski definition) is 7. The minimum absolute atomic E-state index is 0.188. The summed E-state index contributed by atoms with van der Waals surface area (Å²) in [5.74, 6) is -1.76. The summed E-state index contributed by atoms with van der Waals surface area (Å²) in [6, 6.07) is 8.37. The molecule has 1 aliphatic heterocycles. The Bertz CT molecular complexity index is 1040. The van der Waals surface area contributed by atoms with Crippen LogP contribution >= 0.6 is 0 Å². The van der Waals surface area contributed by atoms with Gasteiger partial charge in [-0.3, -0.25) is 19.3 Å². The summed E-state index contributed by atoms with van der Waals surface area (Å²) in [5, 5.41) is 0. The lowest BCUT2D eigenvalue weighted by Gasteiger charge is -2.20. The molecular formula is C22H21NO7. The summed E-state index contributed by atoms with van der Waals surface area (Å²) >= 11 is 0. The summed E-state index contributed by atoms with van der Waals surface area (Å²) in [5.41, 5.74) is 1.50. The fourth-order valence-corrected chi connectivity index (χ4v) is 3.20. The van der Waals surface area contributed by atoms with Gasteiger partial charge in [0.15, 0.2) is 6.61 Å². The highest BCUT2D eigenvalue weighted by molar-refractivity contribution is 6.22. The molecule has 0 spiro atoms. The maximum atomic E-state index is 12.6. The van der Waals surface area contributed by atoms with Gasteiger partial charge in [0, 0.05) is 0 Å². The van der Waals surface area contributed by atoms with E-state index in [-0.39, 0.29) is 16.7 Å². The molecule has 2 amide bonds. The van der Waals surface area contributed by atoms with Crippen molar-refractivity contribution in [3.63, 3.8) is 0 Å². The number of methoxy groups -OCH3 is 2. The van der Waals surface area contributed by atoms with Crippen molar-refractivity contribution < 1.29 is 33.4 Å². The summed E-state index contributed by atoms with van der Waals surface area (Å²) in [6.07, 6.45) is 0. The fraction of sp³-hybridized carbons (Fsp3) is 0.273. The van der Waals surface area contributed by atoms with Gasteiger partial charge in [-0.1, -0.05) is 11.6 Å². The van der Waals surface area contributed by atoms with E-state index in [2.05, 4.69) is 0 Å². The average Bonchev–Trinajstić information content (AvgIpc) is 3.00. The molecule has 30 heavy (non-hydrogen) atoms. The van der Waals surface area contributed by atoms with Crippen LogP contribution in [0.1, 0.15) is 43.6 Å². The first-order valence-corrected chi connectivity index (χ1v) is 9.19. The lowest BCUT2D eigenvalue weighted by Crippen LogP contribution is -2.44. The molecule has 2 aromatic carbocycles. The van der Waals surface area contributed by atoms with Gasteiger partial charge in [0.25, 0.3) is 11.8 Å². The van der Waals surface area contributed by atoms with Crippen molar-refractivity contribution in [3.05, 3.63) is 58.7 Å². The molecule has 8 nitrogen and oxygen atoms in total. The first kappa shape index (κ1) is 21.0. The number of aryl methyl sites for hydroxylation is 1. The Balaban J connectivity index is 1.71. The normalized spacial score (nSPS) is 13.7. The van der Waals surface area contributed by atoms with Gasteiger partial charge in [-0.05, 0) is 44.2 Å². The molecule has 0 aliphatic carbocycles. The number of ether oxygens (including phenoxy) is 3. The van der Waals surface area contributed by atoms with Crippen LogP contribution in [0.2, 0.25) is 0 Å². The molecule has 1 atom stereocenters. The molecule has 0 saturated carbocycles. The second kappa shape index (κ2) is 8.36. The van der Waals surface area contributed by atoms with Gasteiger partial charge in [0.1, 0.15) is 17.5 Å². The highest BCUT2D eigenvalue weighted by Crippen LogP contribution is 2.27. The Morgan fingerprint density at radius 2 is 1.67 bits per heavy atom. The van der Waals surface area contributed by atoms with E-state index < -0.39 is 36.2 Å². The molecule has 1 heterocycles. The van der Waals surface area contributed by atoms with Gasteiger partial charge in [-0.15, -0.1) is 0 Å². The Hall–Kier alpha value is -3.68.